The second kappa shape index (κ2) is 9.37. The van der Waals surface area contributed by atoms with Gasteiger partial charge in [0.15, 0.2) is 11.5 Å². The van der Waals surface area contributed by atoms with Gasteiger partial charge >= 0.3 is 0 Å². The van der Waals surface area contributed by atoms with Gasteiger partial charge < -0.3 is 18.9 Å². The van der Waals surface area contributed by atoms with Gasteiger partial charge in [-0.15, -0.1) is 0 Å². The van der Waals surface area contributed by atoms with E-state index >= 15 is 0 Å². The van der Waals surface area contributed by atoms with E-state index in [9.17, 15) is 4.79 Å². The third-order valence-electron chi connectivity index (χ3n) is 6.94. The molecule has 2 aliphatic heterocycles. The van der Waals surface area contributed by atoms with Crippen LogP contribution in [0.5, 0.6) is 11.5 Å². The highest BCUT2D eigenvalue weighted by Crippen LogP contribution is 2.32. The van der Waals surface area contributed by atoms with E-state index in [2.05, 4.69) is 42.2 Å². The van der Waals surface area contributed by atoms with E-state index in [-0.39, 0.29) is 5.56 Å². The molecule has 0 saturated carbocycles. The van der Waals surface area contributed by atoms with Crippen LogP contribution in [0.3, 0.4) is 0 Å². The number of aromatic nitrogens is 1. The Kier molecular flexibility index (Phi) is 6.17. The van der Waals surface area contributed by atoms with Crippen LogP contribution in [0.25, 0.3) is 10.9 Å². The molecule has 1 saturated heterocycles. The van der Waals surface area contributed by atoms with Crippen molar-refractivity contribution in [1.82, 2.24) is 9.47 Å². The SMILES string of the molecule is Cc1ccc2ccc(=O)n(CCN3CCC(CCc4ccc5c(c4)OCCO5)CC3)c2c1. The van der Waals surface area contributed by atoms with Gasteiger partial charge in [-0.25, -0.2) is 0 Å². The first kappa shape index (κ1) is 21.1. The average Bonchev–Trinajstić information content (AvgIpc) is 2.82. The highest BCUT2D eigenvalue weighted by molar-refractivity contribution is 5.79. The zero-order valence-corrected chi connectivity index (χ0v) is 18.9. The summed E-state index contributed by atoms with van der Waals surface area (Å²) in [5.74, 6) is 2.53. The van der Waals surface area contributed by atoms with Gasteiger partial charge in [0, 0.05) is 19.2 Å². The molecule has 0 N–H and O–H groups in total. The fourth-order valence-electron chi connectivity index (χ4n) is 4.98. The van der Waals surface area contributed by atoms with Crippen LogP contribution in [0.15, 0.2) is 53.3 Å². The van der Waals surface area contributed by atoms with Crippen molar-refractivity contribution >= 4 is 10.9 Å². The second-order valence-electron chi connectivity index (χ2n) is 9.19. The molecule has 5 nitrogen and oxygen atoms in total. The molecule has 5 heteroatoms. The lowest BCUT2D eigenvalue weighted by Crippen LogP contribution is -2.37. The summed E-state index contributed by atoms with van der Waals surface area (Å²) in [7, 11) is 0. The lowest BCUT2D eigenvalue weighted by atomic mass is 9.90. The first-order chi connectivity index (χ1) is 15.7. The molecule has 3 aromatic rings. The summed E-state index contributed by atoms with van der Waals surface area (Å²) >= 11 is 0. The van der Waals surface area contributed by atoms with Crippen molar-refractivity contribution in [3.8, 4) is 11.5 Å². The molecule has 1 fully saturated rings. The second-order valence-corrected chi connectivity index (χ2v) is 9.19. The first-order valence-corrected chi connectivity index (χ1v) is 11.9. The lowest BCUT2D eigenvalue weighted by Gasteiger charge is -2.32. The van der Waals surface area contributed by atoms with Gasteiger partial charge in [0.2, 0.25) is 0 Å². The van der Waals surface area contributed by atoms with Crippen molar-refractivity contribution < 1.29 is 9.47 Å². The number of benzene rings is 2. The number of aryl methyl sites for hydroxylation is 2. The number of piperidine rings is 1. The Balaban J connectivity index is 1.13. The molecule has 3 heterocycles. The van der Waals surface area contributed by atoms with Crippen molar-refractivity contribution in [2.24, 2.45) is 5.92 Å². The van der Waals surface area contributed by atoms with Crippen LogP contribution < -0.4 is 15.0 Å². The van der Waals surface area contributed by atoms with Crippen LogP contribution >= 0.6 is 0 Å². The van der Waals surface area contributed by atoms with Gasteiger partial charge in [-0.05, 0) is 92.4 Å². The molecule has 0 amide bonds. The fourth-order valence-corrected chi connectivity index (χ4v) is 4.98. The zero-order chi connectivity index (χ0) is 21.9. The number of pyridine rings is 1. The molecule has 32 heavy (non-hydrogen) atoms. The van der Waals surface area contributed by atoms with Crippen LogP contribution in [-0.2, 0) is 13.0 Å². The van der Waals surface area contributed by atoms with E-state index in [4.69, 9.17) is 9.47 Å². The van der Waals surface area contributed by atoms with Crippen LogP contribution in [-0.4, -0.2) is 42.3 Å². The minimum Gasteiger partial charge on any atom is -0.486 e. The van der Waals surface area contributed by atoms with Crippen molar-refractivity contribution in [3.05, 3.63) is 70.0 Å². The molecule has 5 rings (SSSR count). The largest absolute Gasteiger partial charge is 0.486 e. The zero-order valence-electron chi connectivity index (χ0n) is 18.9. The molecule has 0 atom stereocenters. The molecule has 168 valence electrons. The van der Waals surface area contributed by atoms with Crippen molar-refractivity contribution in [3.63, 3.8) is 0 Å². The van der Waals surface area contributed by atoms with Crippen LogP contribution in [0.2, 0.25) is 0 Å². The highest BCUT2D eigenvalue weighted by Gasteiger charge is 2.20. The Bertz CT molecular complexity index is 1150. The third-order valence-corrected chi connectivity index (χ3v) is 6.94. The number of fused-ring (bicyclic) bond motifs is 2. The summed E-state index contributed by atoms with van der Waals surface area (Å²) < 4.78 is 13.3. The summed E-state index contributed by atoms with van der Waals surface area (Å²) in [5, 5.41) is 1.13. The van der Waals surface area contributed by atoms with Gasteiger partial charge in [-0.3, -0.25) is 4.79 Å². The van der Waals surface area contributed by atoms with Gasteiger partial charge in [-0.1, -0.05) is 18.2 Å². The normalized spacial score (nSPS) is 17.0. The predicted octanol–water partition coefficient (Wildman–Crippen LogP) is 4.43. The number of nitrogens with zero attached hydrogens (tertiary/aromatic N) is 2. The molecule has 0 radical (unpaired) electrons. The van der Waals surface area contributed by atoms with E-state index in [1.807, 2.05) is 16.7 Å². The molecule has 0 aliphatic carbocycles. The average molecular weight is 433 g/mol. The van der Waals surface area contributed by atoms with Gasteiger partial charge in [0.25, 0.3) is 5.56 Å². The molecule has 1 aromatic heterocycles. The molecular weight excluding hydrogens is 400 g/mol. The topological polar surface area (TPSA) is 43.7 Å². The van der Waals surface area contributed by atoms with Crippen LogP contribution in [0.1, 0.15) is 30.4 Å². The summed E-state index contributed by atoms with van der Waals surface area (Å²) in [6.45, 7) is 7.27. The van der Waals surface area contributed by atoms with Crippen LogP contribution in [0, 0.1) is 12.8 Å². The summed E-state index contributed by atoms with van der Waals surface area (Å²) in [5.41, 5.74) is 3.67. The summed E-state index contributed by atoms with van der Waals surface area (Å²) in [6.07, 6.45) is 4.77. The fraction of sp³-hybridized carbons (Fsp3) is 0.444. The number of hydrogen-bond donors (Lipinski definition) is 0. The van der Waals surface area contributed by atoms with Crippen molar-refractivity contribution in [1.29, 1.82) is 0 Å². The number of likely N-dealkylation sites (tertiary alicyclic amines) is 1. The molecule has 0 spiro atoms. The van der Waals surface area contributed by atoms with Gasteiger partial charge in [0.1, 0.15) is 13.2 Å². The smallest absolute Gasteiger partial charge is 0.251 e. The summed E-state index contributed by atoms with van der Waals surface area (Å²) in [6, 6.07) is 16.3. The molecule has 2 aliphatic rings. The quantitative estimate of drug-likeness (QED) is 0.578. The monoisotopic (exact) mass is 432 g/mol. The molecule has 2 aromatic carbocycles. The third kappa shape index (κ3) is 4.68. The minimum absolute atomic E-state index is 0.0948. The number of hydrogen-bond acceptors (Lipinski definition) is 4. The Morgan fingerprint density at radius 1 is 0.906 bits per heavy atom. The van der Waals surface area contributed by atoms with E-state index < -0.39 is 0 Å². The Labute approximate surface area is 189 Å². The van der Waals surface area contributed by atoms with E-state index in [0.29, 0.717) is 13.2 Å². The molecule has 0 unspecified atom stereocenters. The van der Waals surface area contributed by atoms with Crippen molar-refractivity contribution in [2.45, 2.75) is 39.2 Å². The summed E-state index contributed by atoms with van der Waals surface area (Å²) in [4.78, 5) is 15.0. The Morgan fingerprint density at radius 3 is 2.53 bits per heavy atom. The minimum atomic E-state index is 0.0948. The van der Waals surface area contributed by atoms with E-state index in [1.54, 1.807) is 6.07 Å². The standard InChI is InChI=1S/C27H32N2O3/c1-20-2-6-23-7-9-27(30)29(24(23)18-20)15-14-28-12-10-21(11-13-28)3-4-22-5-8-25-26(19-22)32-17-16-31-25/h2,5-9,18-19,21H,3-4,10-17H2,1H3. The Hall–Kier alpha value is -2.79. The predicted molar refractivity (Wildman–Crippen MR) is 128 cm³/mol. The van der Waals surface area contributed by atoms with Gasteiger partial charge in [-0.2, -0.15) is 0 Å². The lowest BCUT2D eigenvalue weighted by molar-refractivity contribution is 0.170. The Morgan fingerprint density at radius 2 is 1.69 bits per heavy atom. The van der Waals surface area contributed by atoms with Crippen LogP contribution in [0.4, 0.5) is 0 Å². The van der Waals surface area contributed by atoms with Crippen molar-refractivity contribution in [2.75, 3.05) is 32.8 Å². The van der Waals surface area contributed by atoms with Gasteiger partial charge in [0.05, 0.1) is 5.52 Å². The molecule has 0 bridgehead atoms. The number of ether oxygens (including phenoxy) is 2. The van der Waals surface area contributed by atoms with E-state index in [1.165, 1.54) is 30.4 Å². The highest BCUT2D eigenvalue weighted by atomic mass is 16.6. The molecular formula is C27H32N2O3. The maximum Gasteiger partial charge on any atom is 0.251 e. The first-order valence-electron chi connectivity index (χ1n) is 11.9. The van der Waals surface area contributed by atoms with E-state index in [0.717, 1.165) is 60.9 Å². The number of rotatable bonds is 6. The maximum atomic E-state index is 12.5. The maximum absolute atomic E-state index is 12.5.